The zero-order chi connectivity index (χ0) is 16.4. The maximum atomic E-state index is 2.30. The molecule has 4 aromatic rings. The van der Waals surface area contributed by atoms with Gasteiger partial charge in [-0.15, -0.1) is 0 Å². The lowest BCUT2D eigenvalue weighted by atomic mass is 9.80. The largest absolute Gasteiger partial charge is 0.123 e. The third-order valence-corrected chi connectivity index (χ3v) is 6.74. The molecule has 0 N–H and O–H groups in total. The highest BCUT2D eigenvalue weighted by Crippen LogP contribution is 2.47. The lowest BCUT2D eigenvalue weighted by molar-refractivity contribution is 1.53. The summed E-state index contributed by atoms with van der Waals surface area (Å²) in [5.74, 6) is 0. The Balaban J connectivity index is 1.46. The standard InChI is InChI=1S/C24H14Si/c1-3-9-17-15(7-1)19-11-5-13-21(23(17)19)25-22-14-6-12-20-16-8-2-4-10-18(16)24(20)22/h1-14H. The maximum absolute atomic E-state index is 2.30. The Bertz CT molecular complexity index is 1080. The zero-order valence-corrected chi connectivity index (χ0v) is 14.6. The van der Waals surface area contributed by atoms with Crippen LogP contribution in [-0.4, -0.2) is 9.52 Å². The molecule has 0 amide bonds. The molecule has 0 saturated carbocycles. The number of rotatable bonds is 2. The summed E-state index contributed by atoms with van der Waals surface area (Å²) in [7, 11) is 0.694. The Morgan fingerprint density at radius 2 is 0.760 bits per heavy atom. The van der Waals surface area contributed by atoms with Crippen LogP contribution in [0.1, 0.15) is 0 Å². The molecule has 0 aromatic heterocycles. The first-order valence-electron chi connectivity index (χ1n) is 8.64. The van der Waals surface area contributed by atoms with Crippen LogP contribution >= 0.6 is 0 Å². The molecule has 0 unspecified atom stereocenters. The summed E-state index contributed by atoms with van der Waals surface area (Å²) in [6, 6.07) is 31.1. The first-order valence-corrected chi connectivity index (χ1v) is 9.64. The Hall–Kier alpha value is -2.90. The van der Waals surface area contributed by atoms with Gasteiger partial charge < -0.3 is 0 Å². The average molecular weight is 330 g/mol. The number of fused-ring (bicyclic) bond motifs is 8. The van der Waals surface area contributed by atoms with Crippen molar-refractivity contribution >= 4 is 19.9 Å². The monoisotopic (exact) mass is 330 g/mol. The van der Waals surface area contributed by atoms with Gasteiger partial charge >= 0.3 is 0 Å². The van der Waals surface area contributed by atoms with Crippen LogP contribution in [-0.2, 0) is 0 Å². The molecule has 0 atom stereocenters. The van der Waals surface area contributed by atoms with Crippen molar-refractivity contribution in [2.75, 3.05) is 0 Å². The quantitative estimate of drug-likeness (QED) is 0.406. The summed E-state index contributed by atoms with van der Waals surface area (Å²) in [6.07, 6.45) is 0. The lowest BCUT2D eigenvalue weighted by Gasteiger charge is -2.29. The summed E-state index contributed by atoms with van der Waals surface area (Å²) in [5.41, 5.74) is 11.4. The van der Waals surface area contributed by atoms with E-state index in [1.165, 1.54) is 54.9 Å². The number of hydrogen-bond acceptors (Lipinski definition) is 0. The highest BCUT2D eigenvalue weighted by Gasteiger charge is 2.27. The fourth-order valence-electron chi connectivity index (χ4n) is 4.23. The molecule has 2 radical (unpaired) electrons. The predicted octanol–water partition coefficient (Wildman–Crippen LogP) is 4.64. The van der Waals surface area contributed by atoms with Crippen molar-refractivity contribution in [3.63, 3.8) is 0 Å². The van der Waals surface area contributed by atoms with Gasteiger partial charge in [0, 0.05) is 0 Å². The second kappa shape index (κ2) is 4.81. The van der Waals surface area contributed by atoms with Gasteiger partial charge in [0.05, 0.1) is 0 Å². The fraction of sp³-hybridized carbons (Fsp3) is 0. The van der Waals surface area contributed by atoms with Crippen molar-refractivity contribution in [1.82, 2.24) is 0 Å². The van der Waals surface area contributed by atoms with E-state index in [0.29, 0.717) is 9.52 Å². The van der Waals surface area contributed by atoms with E-state index >= 15 is 0 Å². The van der Waals surface area contributed by atoms with Gasteiger partial charge in [-0.25, -0.2) is 0 Å². The first kappa shape index (κ1) is 13.4. The molecule has 0 nitrogen and oxygen atoms in total. The van der Waals surface area contributed by atoms with Gasteiger partial charge in [-0.05, 0) is 54.9 Å². The van der Waals surface area contributed by atoms with Crippen molar-refractivity contribution < 1.29 is 0 Å². The van der Waals surface area contributed by atoms with Crippen LogP contribution in [0.15, 0.2) is 84.9 Å². The number of hydrogen-bond donors (Lipinski definition) is 0. The first-order chi connectivity index (χ1) is 12.4. The van der Waals surface area contributed by atoms with Crippen molar-refractivity contribution in [2.24, 2.45) is 0 Å². The van der Waals surface area contributed by atoms with Crippen LogP contribution in [0.4, 0.5) is 0 Å². The van der Waals surface area contributed by atoms with Crippen LogP contribution in [0.5, 0.6) is 0 Å². The minimum absolute atomic E-state index is 0.694. The van der Waals surface area contributed by atoms with Crippen LogP contribution in [0.25, 0.3) is 44.5 Å². The average Bonchev–Trinajstić information content (AvgIpc) is 2.64. The van der Waals surface area contributed by atoms with E-state index in [0.717, 1.165) is 0 Å². The van der Waals surface area contributed by atoms with Gasteiger partial charge in [0.25, 0.3) is 0 Å². The topological polar surface area (TPSA) is 0 Å². The maximum Gasteiger partial charge on any atom is 0.123 e. The molecule has 2 aliphatic rings. The van der Waals surface area contributed by atoms with Crippen molar-refractivity contribution in [1.29, 1.82) is 0 Å². The molecule has 0 aliphatic heterocycles. The summed E-state index contributed by atoms with van der Waals surface area (Å²) in [6.45, 7) is 0. The second-order valence-electron chi connectivity index (χ2n) is 6.67. The van der Waals surface area contributed by atoms with Gasteiger partial charge in [0.15, 0.2) is 0 Å². The van der Waals surface area contributed by atoms with E-state index in [1.54, 1.807) is 0 Å². The van der Waals surface area contributed by atoms with E-state index in [4.69, 9.17) is 0 Å². The SMILES string of the molecule is c1ccc2c(c1)-c1cccc([Si]c3cccc4c3-c3ccccc3-4)c1-2. The third-order valence-electron chi connectivity index (χ3n) is 5.37. The fourth-order valence-corrected chi connectivity index (χ4v) is 5.67. The molecule has 0 saturated heterocycles. The van der Waals surface area contributed by atoms with Gasteiger partial charge in [0.1, 0.15) is 9.52 Å². The van der Waals surface area contributed by atoms with Crippen LogP contribution in [0.3, 0.4) is 0 Å². The molecule has 25 heavy (non-hydrogen) atoms. The third kappa shape index (κ3) is 1.71. The normalized spacial score (nSPS) is 12.2. The van der Waals surface area contributed by atoms with E-state index in [9.17, 15) is 0 Å². The minimum atomic E-state index is 0.694. The summed E-state index contributed by atoms with van der Waals surface area (Å²) < 4.78 is 0. The highest BCUT2D eigenvalue weighted by atomic mass is 28.2. The second-order valence-corrected chi connectivity index (χ2v) is 8.00. The molecule has 0 spiro atoms. The minimum Gasteiger partial charge on any atom is -0.0625 e. The molecule has 0 heterocycles. The molecule has 114 valence electrons. The van der Waals surface area contributed by atoms with E-state index in [2.05, 4.69) is 84.9 Å². The number of benzene rings is 4. The van der Waals surface area contributed by atoms with Gasteiger partial charge in [-0.2, -0.15) is 0 Å². The van der Waals surface area contributed by atoms with Crippen LogP contribution in [0, 0.1) is 0 Å². The smallest absolute Gasteiger partial charge is 0.0625 e. The molecule has 4 aromatic carbocycles. The van der Waals surface area contributed by atoms with E-state index < -0.39 is 0 Å². The van der Waals surface area contributed by atoms with Gasteiger partial charge in [-0.1, -0.05) is 84.9 Å². The molecule has 0 bridgehead atoms. The van der Waals surface area contributed by atoms with Gasteiger partial charge in [-0.3, -0.25) is 0 Å². The summed E-state index contributed by atoms with van der Waals surface area (Å²) >= 11 is 0. The predicted molar refractivity (Wildman–Crippen MR) is 107 cm³/mol. The van der Waals surface area contributed by atoms with Crippen LogP contribution in [0.2, 0.25) is 0 Å². The lowest BCUT2D eigenvalue weighted by Crippen LogP contribution is -2.33. The van der Waals surface area contributed by atoms with E-state index in [1.807, 2.05) is 0 Å². The molecular weight excluding hydrogens is 316 g/mol. The van der Waals surface area contributed by atoms with Crippen molar-refractivity contribution in [3.05, 3.63) is 84.9 Å². The summed E-state index contributed by atoms with van der Waals surface area (Å²) in [4.78, 5) is 0. The van der Waals surface area contributed by atoms with Gasteiger partial charge in [0.2, 0.25) is 0 Å². The Morgan fingerprint density at radius 3 is 1.24 bits per heavy atom. The van der Waals surface area contributed by atoms with Crippen LogP contribution < -0.4 is 10.4 Å². The molecule has 0 fully saturated rings. The van der Waals surface area contributed by atoms with Crippen molar-refractivity contribution in [2.45, 2.75) is 0 Å². The summed E-state index contributed by atoms with van der Waals surface area (Å²) in [5, 5.41) is 2.93. The molecule has 1 heteroatoms. The zero-order valence-electron chi connectivity index (χ0n) is 13.6. The van der Waals surface area contributed by atoms with Crippen molar-refractivity contribution in [3.8, 4) is 44.5 Å². The molecule has 6 rings (SSSR count). The highest BCUT2D eigenvalue weighted by molar-refractivity contribution is 6.71. The Kier molecular flexibility index (Phi) is 2.58. The Labute approximate surface area is 149 Å². The molecule has 2 aliphatic carbocycles. The van der Waals surface area contributed by atoms with E-state index in [-0.39, 0.29) is 0 Å². The molecular formula is C24H14Si. The Morgan fingerprint density at radius 1 is 0.360 bits per heavy atom.